The summed E-state index contributed by atoms with van der Waals surface area (Å²) >= 11 is 0. The van der Waals surface area contributed by atoms with Gasteiger partial charge in [-0.05, 0) is 18.3 Å². The lowest BCUT2D eigenvalue weighted by Gasteiger charge is -2.33. The van der Waals surface area contributed by atoms with Gasteiger partial charge in [-0.3, -0.25) is 4.79 Å². The van der Waals surface area contributed by atoms with E-state index >= 15 is 0 Å². The van der Waals surface area contributed by atoms with Gasteiger partial charge in [0.05, 0.1) is 12.7 Å². The van der Waals surface area contributed by atoms with Crippen LogP contribution >= 0.6 is 0 Å². The van der Waals surface area contributed by atoms with Crippen molar-refractivity contribution in [1.82, 2.24) is 4.90 Å². The van der Waals surface area contributed by atoms with Gasteiger partial charge in [0.25, 0.3) is 0 Å². The van der Waals surface area contributed by atoms with Gasteiger partial charge in [-0.1, -0.05) is 27.2 Å². The molecule has 0 saturated carbocycles. The van der Waals surface area contributed by atoms with Crippen LogP contribution in [0.15, 0.2) is 0 Å². The van der Waals surface area contributed by atoms with Crippen LogP contribution in [-0.4, -0.2) is 50.3 Å². The molecule has 1 atom stereocenters. The summed E-state index contributed by atoms with van der Waals surface area (Å²) < 4.78 is 10.6. The van der Waals surface area contributed by atoms with E-state index in [9.17, 15) is 4.79 Å². The molecule has 0 aliphatic carbocycles. The van der Waals surface area contributed by atoms with E-state index in [1.54, 1.807) is 7.11 Å². The number of nitrogens with zero attached hydrogens (tertiary/aromatic N) is 1. The molecule has 1 amide bonds. The van der Waals surface area contributed by atoms with Crippen molar-refractivity contribution in [2.75, 3.05) is 33.4 Å². The van der Waals surface area contributed by atoms with Crippen molar-refractivity contribution >= 4 is 5.91 Å². The average Bonchev–Trinajstić information content (AvgIpc) is 2.28. The highest BCUT2D eigenvalue weighted by Crippen LogP contribution is 2.23. The molecule has 0 N–H and O–H groups in total. The minimum absolute atomic E-state index is 0.0709. The zero-order valence-corrected chi connectivity index (χ0v) is 12.2. The molecule has 0 radical (unpaired) electrons. The number of rotatable bonds is 5. The van der Waals surface area contributed by atoms with Crippen LogP contribution in [0.5, 0.6) is 0 Å². The molecule has 0 aromatic heterocycles. The van der Waals surface area contributed by atoms with Crippen molar-refractivity contribution in [3.05, 3.63) is 0 Å². The van der Waals surface area contributed by atoms with E-state index in [-0.39, 0.29) is 18.6 Å². The second-order valence-corrected chi connectivity index (χ2v) is 6.22. The quantitative estimate of drug-likeness (QED) is 0.757. The predicted molar refractivity (Wildman–Crippen MR) is 71.5 cm³/mol. The first kappa shape index (κ1) is 15.4. The molecule has 4 heteroatoms. The minimum Gasteiger partial charge on any atom is -0.375 e. The first-order valence-corrected chi connectivity index (χ1v) is 6.81. The molecule has 0 bridgehead atoms. The molecule has 1 fully saturated rings. The van der Waals surface area contributed by atoms with Gasteiger partial charge in [-0.15, -0.1) is 0 Å². The van der Waals surface area contributed by atoms with Gasteiger partial charge in [0.2, 0.25) is 5.91 Å². The van der Waals surface area contributed by atoms with Crippen molar-refractivity contribution in [3.63, 3.8) is 0 Å². The lowest BCUT2D eigenvalue weighted by molar-refractivity contribution is -0.142. The van der Waals surface area contributed by atoms with Gasteiger partial charge in [0, 0.05) is 20.2 Å². The second-order valence-electron chi connectivity index (χ2n) is 6.22. The van der Waals surface area contributed by atoms with E-state index < -0.39 is 0 Å². The number of methoxy groups -OCH3 is 1. The number of amides is 1. The van der Waals surface area contributed by atoms with E-state index in [1.165, 1.54) is 6.42 Å². The summed E-state index contributed by atoms with van der Waals surface area (Å²) in [5, 5.41) is 0. The smallest absolute Gasteiger partial charge is 0.248 e. The number of carbonyl (C=O) groups excluding carboxylic acids is 1. The lowest BCUT2D eigenvalue weighted by atomic mass is 9.89. The van der Waals surface area contributed by atoms with Gasteiger partial charge in [0.1, 0.15) is 6.61 Å². The highest BCUT2D eigenvalue weighted by atomic mass is 16.5. The van der Waals surface area contributed by atoms with Crippen molar-refractivity contribution < 1.29 is 14.3 Å². The molecule has 1 rings (SSSR count). The van der Waals surface area contributed by atoms with E-state index in [2.05, 4.69) is 20.8 Å². The third-order valence-corrected chi connectivity index (χ3v) is 3.21. The van der Waals surface area contributed by atoms with Crippen molar-refractivity contribution in [2.24, 2.45) is 5.41 Å². The number of carbonyl (C=O) groups is 1. The van der Waals surface area contributed by atoms with Gasteiger partial charge in [-0.2, -0.15) is 0 Å². The highest BCUT2D eigenvalue weighted by molar-refractivity contribution is 5.77. The summed E-state index contributed by atoms with van der Waals surface area (Å²) in [6, 6.07) is 0. The van der Waals surface area contributed by atoms with Gasteiger partial charge >= 0.3 is 0 Å². The molecule has 18 heavy (non-hydrogen) atoms. The summed E-state index contributed by atoms with van der Waals surface area (Å²) in [6.45, 7) is 8.99. The Bertz CT molecular complexity index is 260. The Morgan fingerprint density at radius 3 is 2.78 bits per heavy atom. The summed E-state index contributed by atoms with van der Waals surface area (Å²) in [7, 11) is 1.55. The fourth-order valence-corrected chi connectivity index (χ4v) is 2.20. The highest BCUT2D eigenvalue weighted by Gasteiger charge is 2.24. The summed E-state index contributed by atoms with van der Waals surface area (Å²) in [5.41, 5.74) is 0.375. The molecule has 0 spiro atoms. The zero-order chi connectivity index (χ0) is 13.6. The standard InChI is InChI=1S/C14H27NO3/c1-14(2,3)7-5-6-12-10-15(8-9-18-12)13(16)11-17-4/h12H,5-11H2,1-4H3. The molecule has 1 heterocycles. The van der Waals surface area contributed by atoms with E-state index in [4.69, 9.17) is 9.47 Å². The zero-order valence-electron chi connectivity index (χ0n) is 12.2. The SMILES string of the molecule is COCC(=O)N1CCOC(CCCC(C)(C)C)C1. The molecule has 1 aliphatic heterocycles. The minimum atomic E-state index is 0.0709. The fourth-order valence-electron chi connectivity index (χ4n) is 2.20. The Kier molecular flexibility index (Phi) is 6.09. The average molecular weight is 257 g/mol. The number of hydrogen-bond acceptors (Lipinski definition) is 3. The molecule has 106 valence electrons. The Balaban J connectivity index is 2.28. The Labute approximate surface area is 111 Å². The monoisotopic (exact) mass is 257 g/mol. The van der Waals surface area contributed by atoms with Crippen molar-refractivity contribution in [2.45, 2.75) is 46.1 Å². The first-order chi connectivity index (χ1) is 8.42. The topological polar surface area (TPSA) is 38.8 Å². The molecule has 1 saturated heterocycles. The number of hydrogen-bond donors (Lipinski definition) is 0. The van der Waals surface area contributed by atoms with Gasteiger partial charge < -0.3 is 14.4 Å². The maximum Gasteiger partial charge on any atom is 0.248 e. The normalized spacial score (nSPS) is 21.1. The van der Waals surface area contributed by atoms with Crippen LogP contribution in [0.1, 0.15) is 40.0 Å². The van der Waals surface area contributed by atoms with E-state index in [0.29, 0.717) is 25.1 Å². The van der Waals surface area contributed by atoms with Crippen LogP contribution in [0.2, 0.25) is 0 Å². The molecule has 0 aromatic carbocycles. The van der Waals surface area contributed by atoms with E-state index in [0.717, 1.165) is 12.8 Å². The molecular weight excluding hydrogens is 230 g/mol. The maximum atomic E-state index is 11.7. The molecule has 0 aromatic rings. The van der Waals surface area contributed by atoms with Crippen LogP contribution in [0, 0.1) is 5.41 Å². The molecule has 1 unspecified atom stereocenters. The van der Waals surface area contributed by atoms with Crippen LogP contribution in [0.3, 0.4) is 0 Å². The summed E-state index contributed by atoms with van der Waals surface area (Å²) in [5.74, 6) is 0.0709. The van der Waals surface area contributed by atoms with Crippen molar-refractivity contribution in [3.8, 4) is 0 Å². The third-order valence-electron chi connectivity index (χ3n) is 3.21. The summed E-state index contributed by atoms with van der Waals surface area (Å²) in [4.78, 5) is 13.6. The lowest BCUT2D eigenvalue weighted by Crippen LogP contribution is -2.46. The van der Waals surface area contributed by atoms with E-state index in [1.807, 2.05) is 4.90 Å². The molecule has 1 aliphatic rings. The third kappa shape index (κ3) is 5.83. The van der Waals surface area contributed by atoms with Crippen LogP contribution < -0.4 is 0 Å². The summed E-state index contributed by atoms with van der Waals surface area (Å²) in [6.07, 6.45) is 3.58. The van der Waals surface area contributed by atoms with Crippen LogP contribution in [0.4, 0.5) is 0 Å². The second kappa shape index (κ2) is 7.10. The Hall–Kier alpha value is -0.610. The maximum absolute atomic E-state index is 11.7. The Morgan fingerprint density at radius 1 is 1.44 bits per heavy atom. The Morgan fingerprint density at radius 2 is 2.17 bits per heavy atom. The number of morpholine rings is 1. The molecular formula is C14H27NO3. The van der Waals surface area contributed by atoms with Crippen LogP contribution in [0.25, 0.3) is 0 Å². The van der Waals surface area contributed by atoms with Gasteiger partial charge in [-0.25, -0.2) is 0 Å². The van der Waals surface area contributed by atoms with Crippen LogP contribution in [-0.2, 0) is 14.3 Å². The van der Waals surface area contributed by atoms with Crippen molar-refractivity contribution in [1.29, 1.82) is 0 Å². The number of ether oxygens (including phenoxy) is 2. The largest absolute Gasteiger partial charge is 0.375 e. The predicted octanol–water partition coefficient (Wildman–Crippen LogP) is 2.08. The molecule has 4 nitrogen and oxygen atoms in total. The fraction of sp³-hybridized carbons (Fsp3) is 0.929. The first-order valence-electron chi connectivity index (χ1n) is 6.81. The van der Waals surface area contributed by atoms with Gasteiger partial charge in [0.15, 0.2) is 0 Å².